The van der Waals surface area contributed by atoms with Crippen LogP contribution in [0.2, 0.25) is 0 Å². The Morgan fingerprint density at radius 2 is 2.40 bits per heavy atom. The number of nitrogens with zero attached hydrogens (tertiary/aromatic N) is 1. The third-order valence-corrected chi connectivity index (χ3v) is 2.26. The van der Waals surface area contributed by atoms with Crippen molar-refractivity contribution in [3.8, 4) is 0 Å². The van der Waals surface area contributed by atoms with Gasteiger partial charge in [-0.25, -0.2) is 0 Å². The van der Waals surface area contributed by atoms with Crippen LogP contribution in [0.15, 0.2) is 18.5 Å². The average Bonchev–Trinajstić information content (AvgIpc) is 2.66. The molecule has 0 fully saturated rings. The van der Waals surface area contributed by atoms with E-state index in [1.807, 2.05) is 13.0 Å². The van der Waals surface area contributed by atoms with Crippen LogP contribution in [-0.2, 0) is 16.1 Å². The molecule has 1 heterocycles. The van der Waals surface area contributed by atoms with Crippen LogP contribution in [0.4, 0.5) is 0 Å². The number of rotatable bonds is 5. The molecule has 15 heavy (non-hydrogen) atoms. The number of aromatic nitrogens is 1. The Morgan fingerprint density at radius 1 is 1.67 bits per heavy atom. The van der Waals surface area contributed by atoms with Gasteiger partial charge in [0.1, 0.15) is 6.54 Å². The summed E-state index contributed by atoms with van der Waals surface area (Å²) in [4.78, 5) is 11.0. The number of hydrogen-bond acceptors (Lipinski definition) is 3. The highest BCUT2D eigenvalue weighted by atomic mass is 16.5. The van der Waals surface area contributed by atoms with Crippen molar-refractivity contribution in [3.05, 3.63) is 24.0 Å². The first-order valence-corrected chi connectivity index (χ1v) is 5.08. The van der Waals surface area contributed by atoms with Gasteiger partial charge in [0.05, 0.1) is 13.2 Å². The summed E-state index contributed by atoms with van der Waals surface area (Å²) < 4.78 is 6.26. The van der Waals surface area contributed by atoms with Gasteiger partial charge in [0, 0.05) is 12.4 Å². The summed E-state index contributed by atoms with van der Waals surface area (Å²) in [5.41, 5.74) is 0.848. The molecule has 4 heteroatoms. The van der Waals surface area contributed by atoms with Crippen LogP contribution >= 0.6 is 0 Å². The Kier molecular flexibility index (Phi) is 4.37. The number of hydrogen-bond donors (Lipinski definition) is 1. The summed E-state index contributed by atoms with van der Waals surface area (Å²) in [5.74, 6) is -0.290. The number of esters is 1. The molecule has 0 spiro atoms. The van der Waals surface area contributed by atoms with E-state index >= 15 is 0 Å². The van der Waals surface area contributed by atoms with E-state index in [4.69, 9.17) is 0 Å². The standard InChI is InChI=1S/C11H17NO3/c1-3-4-10(13)9-5-6-12(7-9)8-11(14)15-2/h5-7,10,13H,3-4,8H2,1-2H3. The van der Waals surface area contributed by atoms with Gasteiger partial charge in [0.2, 0.25) is 0 Å². The van der Waals surface area contributed by atoms with Crippen molar-refractivity contribution in [3.63, 3.8) is 0 Å². The van der Waals surface area contributed by atoms with Crippen molar-refractivity contribution >= 4 is 5.97 Å². The first-order chi connectivity index (χ1) is 7.17. The zero-order valence-electron chi connectivity index (χ0n) is 9.14. The molecule has 0 aromatic carbocycles. The molecule has 1 aromatic heterocycles. The van der Waals surface area contributed by atoms with Crippen LogP contribution in [0.1, 0.15) is 31.4 Å². The molecule has 0 saturated heterocycles. The maximum absolute atomic E-state index is 11.0. The summed E-state index contributed by atoms with van der Waals surface area (Å²) in [5, 5.41) is 9.70. The summed E-state index contributed by atoms with van der Waals surface area (Å²) in [7, 11) is 1.36. The lowest BCUT2D eigenvalue weighted by Crippen LogP contribution is -2.09. The van der Waals surface area contributed by atoms with E-state index < -0.39 is 6.10 Å². The van der Waals surface area contributed by atoms with Crippen LogP contribution in [0.3, 0.4) is 0 Å². The molecular weight excluding hydrogens is 194 g/mol. The second-order valence-corrected chi connectivity index (χ2v) is 3.50. The Morgan fingerprint density at radius 3 is 3.00 bits per heavy atom. The fourth-order valence-corrected chi connectivity index (χ4v) is 1.41. The third-order valence-electron chi connectivity index (χ3n) is 2.26. The summed E-state index contributed by atoms with van der Waals surface area (Å²) in [6.07, 6.45) is 4.78. The molecule has 0 amide bonds. The lowest BCUT2D eigenvalue weighted by atomic mass is 10.1. The fourth-order valence-electron chi connectivity index (χ4n) is 1.41. The molecule has 1 rings (SSSR count). The first-order valence-electron chi connectivity index (χ1n) is 5.08. The Hall–Kier alpha value is -1.29. The molecule has 1 unspecified atom stereocenters. The Labute approximate surface area is 89.5 Å². The molecule has 0 aliphatic rings. The van der Waals surface area contributed by atoms with Crippen molar-refractivity contribution < 1.29 is 14.6 Å². The van der Waals surface area contributed by atoms with E-state index in [1.165, 1.54) is 7.11 Å². The predicted octanol–water partition coefficient (Wildman–Crippen LogP) is 1.49. The Balaban J connectivity index is 2.59. The van der Waals surface area contributed by atoms with Crippen molar-refractivity contribution in [2.24, 2.45) is 0 Å². The number of carbonyl (C=O) groups excluding carboxylic acids is 1. The van der Waals surface area contributed by atoms with Gasteiger partial charge in [-0.3, -0.25) is 4.79 Å². The molecule has 1 N–H and O–H groups in total. The van der Waals surface area contributed by atoms with Gasteiger partial charge in [0.25, 0.3) is 0 Å². The van der Waals surface area contributed by atoms with E-state index in [1.54, 1.807) is 17.0 Å². The highest BCUT2D eigenvalue weighted by Crippen LogP contribution is 2.18. The quantitative estimate of drug-likeness (QED) is 0.751. The van der Waals surface area contributed by atoms with Crippen molar-refractivity contribution in [1.29, 1.82) is 0 Å². The fraction of sp³-hybridized carbons (Fsp3) is 0.545. The van der Waals surface area contributed by atoms with Crippen LogP contribution in [-0.4, -0.2) is 22.8 Å². The summed E-state index contributed by atoms with van der Waals surface area (Å²) in [6, 6.07) is 1.82. The molecule has 0 aliphatic heterocycles. The van der Waals surface area contributed by atoms with Gasteiger partial charge < -0.3 is 14.4 Å². The van der Waals surface area contributed by atoms with Crippen LogP contribution in [0.25, 0.3) is 0 Å². The molecule has 0 aliphatic carbocycles. The van der Waals surface area contributed by atoms with Gasteiger partial charge in [-0.15, -0.1) is 0 Å². The van der Waals surface area contributed by atoms with Crippen molar-refractivity contribution in [2.45, 2.75) is 32.4 Å². The number of aliphatic hydroxyl groups excluding tert-OH is 1. The molecule has 0 saturated carbocycles. The van der Waals surface area contributed by atoms with Gasteiger partial charge in [0.15, 0.2) is 0 Å². The number of ether oxygens (including phenoxy) is 1. The molecule has 4 nitrogen and oxygen atoms in total. The number of carbonyl (C=O) groups is 1. The lowest BCUT2D eigenvalue weighted by Gasteiger charge is -2.06. The maximum Gasteiger partial charge on any atom is 0.325 e. The van der Waals surface area contributed by atoms with Gasteiger partial charge in [-0.2, -0.15) is 0 Å². The van der Waals surface area contributed by atoms with E-state index in [9.17, 15) is 9.90 Å². The Bertz CT molecular complexity index is 319. The second-order valence-electron chi connectivity index (χ2n) is 3.50. The SMILES string of the molecule is CCCC(O)c1ccn(CC(=O)OC)c1. The largest absolute Gasteiger partial charge is 0.468 e. The molecule has 84 valence electrons. The van der Waals surface area contributed by atoms with E-state index in [-0.39, 0.29) is 12.5 Å². The highest BCUT2D eigenvalue weighted by molar-refractivity contribution is 5.68. The zero-order valence-corrected chi connectivity index (χ0v) is 9.14. The molecule has 1 aromatic rings. The zero-order chi connectivity index (χ0) is 11.3. The van der Waals surface area contributed by atoms with Crippen LogP contribution in [0, 0.1) is 0 Å². The summed E-state index contributed by atoms with van der Waals surface area (Å²) in [6.45, 7) is 2.21. The minimum absolute atomic E-state index is 0.190. The van der Waals surface area contributed by atoms with Gasteiger partial charge in [-0.05, 0) is 18.1 Å². The minimum Gasteiger partial charge on any atom is -0.468 e. The van der Waals surface area contributed by atoms with Crippen LogP contribution < -0.4 is 0 Å². The van der Waals surface area contributed by atoms with Gasteiger partial charge >= 0.3 is 5.97 Å². The first kappa shape index (κ1) is 11.8. The third kappa shape index (κ3) is 3.40. The smallest absolute Gasteiger partial charge is 0.325 e. The number of aliphatic hydroxyl groups is 1. The van der Waals surface area contributed by atoms with Crippen molar-refractivity contribution in [2.75, 3.05) is 7.11 Å². The maximum atomic E-state index is 11.0. The predicted molar refractivity (Wildman–Crippen MR) is 56.3 cm³/mol. The van der Waals surface area contributed by atoms with E-state index in [0.29, 0.717) is 0 Å². The molecule has 0 radical (unpaired) electrons. The monoisotopic (exact) mass is 211 g/mol. The lowest BCUT2D eigenvalue weighted by molar-refractivity contribution is -0.141. The molecule has 1 atom stereocenters. The van der Waals surface area contributed by atoms with E-state index in [0.717, 1.165) is 18.4 Å². The minimum atomic E-state index is -0.436. The average molecular weight is 211 g/mol. The van der Waals surface area contributed by atoms with Crippen molar-refractivity contribution in [1.82, 2.24) is 4.57 Å². The normalized spacial score (nSPS) is 12.5. The molecular formula is C11H17NO3. The highest BCUT2D eigenvalue weighted by Gasteiger charge is 2.09. The van der Waals surface area contributed by atoms with Gasteiger partial charge in [-0.1, -0.05) is 13.3 Å². The number of methoxy groups -OCH3 is 1. The van der Waals surface area contributed by atoms with Crippen LogP contribution in [0.5, 0.6) is 0 Å². The second kappa shape index (κ2) is 5.56. The summed E-state index contributed by atoms with van der Waals surface area (Å²) >= 11 is 0. The van der Waals surface area contributed by atoms with E-state index in [2.05, 4.69) is 4.74 Å². The topological polar surface area (TPSA) is 51.5 Å². The molecule has 0 bridgehead atoms.